The summed E-state index contributed by atoms with van der Waals surface area (Å²) in [4.78, 5) is 28.0. The van der Waals surface area contributed by atoms with Crippen molar-refractivity contribution < 1.29 is 9.59 Å². The van der Waals surface area contributed by atoms with Crippen LogP contribution in [0.3, 0.4) is 0 Å². The third-order valence-corrected chi connectivity index (χ3v) is 6.28. The zero-order valence-corrected chi connectivity index (χ0v) is 15.0. The van der Waals surface area contributed by atoms with Crippen LogP contribution in [0, 0.1) is 0 Å². The number of carbonyl (C=O) groups excluding carboxylic acids is 2. The number of hydrogen-bond acceptors (Lipinski definition) is 3. The molecule has 0 radical (unpaired) electrons. The molecule has 25 heavy (non-hydrogen) atoms. The molecule has 0 bridgehead atoms. The van der Waals surface area contributed by atoms with Crippen LogP contribution in [-0.2, 0) is 21.4 Å². The average Bonchev–Trinajstić information content (AvgIpc) is 3.06. The first-order valence-corrected chi connectivity index (χ1v) is 9.77. The predicted octanol–water partition coefficient (Wildman–Crippen LogP) is 3.58. The number of hydrogen-bond donors (Lipinski definition) is 1. The first-order valence-electron chi connectivity index (χ1n) is 8.90. The molecular weight excluding hydrogens is 332 g/mol. The van der Waals surface area contributed by atoms with Gasteiger partial charge in [-0.1, -0.05) is 18.2 Å². The number of amides is 2. The summed E-state index contributed by atoms with van der Waals surface area (Å²) >= 11 is 1.65. The van der Waals surface area contributed by atoms with E-state index in [0.29, 0.717) is 6.42 Å². The minimum Gasteiger partial charge on any atom is -0.342 e. The van der Waals surface area contributed by atoms with Gasteiger partial charge < -0.3 is 10.2 Å². The molecule has 0 unspecified atom stereocenters. The van der Waals surface area contributed by atoms with Gasteiger partial charge in [0, 0.05) is 23.7 Å². The largest absolute Gasteiger partial charge is 0.342 e. The maximum Gasteiger partial charge on any atom is 0.235 e. The number of thiophene rings is 1. The molecule has 0 spiro atoms. The Bertz CT molecular complexity index is 758. The number of nitrogens with zero attached hydrogens (tertiary/aromatic N) is 1. The zero-order chi connectivity index (χ0) is 17.3. The van der Waals surface area contributed by atoms with Crippen molar-refractivity contribution in [2.75, 3.05) is 18.4 Å². The minimum absolute atomic E-state index is 0.0795. The summed E-state index contributed by atoms with van der Waals surface area (Å²) in [6.45, 7) is 1.77. The van der Waals surface area contributed by atoms with Crippen molar-refractivity contribution in [2.24, 2.45) is 0 Å². The highest BCUT2D eigenvalue weighted by molar-refractivity contribution is 7.10. The summed E-state index contributed by atoms with van der Waals surface area (Å²) in [6, 6.07) is 11.7. The van der Waals surface area contributed by atoms with Crippen LogP contribution in [0.4, 0.5) is 5.69 Å². The molecule has 2 heterocycles. The number of nitrogens with one attached hydrogen (secondary N) is 1. The first-order chi connectivity index (χ1) is 12.2. The van der Waals surface area contributed by atoms with Gasteiger partial charge in [-0.3, -0.25) is 9.59 Å². The molecule has 1 aromatic carbocycles. The molecule has 1 N–H and O–H groups in total. The van der Waals surface area contributed by atoms with E-state index in [4.69, 9.17) is 0 Å². The lowest BCUT2D eigenvalue weighted by Crippen LogP contribution is -2.29. The molecule has 0 atom stereocenters. The van der Waals surface area contributed by atoms with Gasteiger partial charge in [0.25, 0.3) is 0 Å². The molecule has 2 aliphatic rings. The van der Waals surface area contributed by atoms with Crippen LogP contribution in [0.1, 0.15) is 36.1 Å². The van der Waals surface area contributed by atoms with E-state index in [0.717, 1.165) is 54.9 Å². The smallest absolute Gasteiger partial charge is 0.235 e. The summed E-state index contributed by atoms with van der Waals surface area (Å²) in [6.07, 6.45) is 4.50. The third kappa shape index (κ3) is 3.33. The van der Waals surface area contributed by atoms with E-state index in [1.807, 2.05) is 46.7 Å². The van der Waals surface area contributed by atoms with Crippen molar-refractivity contribution in [3.63, 3.8) is 0 Å². The monoisotopic (exact) mass is 354 g/mol. The van der Waals surface area contributed by atoms with Crippen LogP contribution in [0.5, 0.6) is 0 Å². The maximum atomic E-state index is 12.7. The quantitative estimate of drug-likeness (QED) is 0.892. The van der Waals surface area contributed by atoms with Gasteiger partial charge in [0.2, 0.25) is 11.8 Å². The highest BCUT2D eigenvalue weighted by Crippen LogP contribution is 2.50. The zero-order valence-electron chi connectivity index (χ0n) is 14.2. The van der Waals surface area contributed by atoms with Crippen molar-refractivity contribution in [3.8, 4) is 0 Å². The van der Waals surface area contributed by atoms with Gasteiger partial charge in [-0.2, -0.15) is 0 Å². The Kier molecular flexibility index (Phi) is 4.34. The molecule has 130 valence electrons. The fraction of sp³-hybridized carbons (Fsp3) is 0.400. The van der Waals surface area contributed by atoms with Gasteiger partial charge in [-0.15, -0.1) is 11.3 Å². The predicted molar refractivity (Wildman–Crippen MR) is 99.8 cm³/mol. The Morgan fingerprint density at radius 3 is 2.40 bits per heavy atom. The maximum absolute atomic E-state index is 12.7. The number of anilines is 1. The van der Waals surface area contributed by atoms with Crippen LogP contribution < -0.4 is 5.32 Å². The van der Waals surface area contributed by atoms with Crippen molar-refractivity contribution >= 4 is 28.8 Å². The lowest BCUT2D eigenvalue weighted by Gasteiger charge is -2.16. The fourth-order valence-electron chi connectivity index (χ4n) is 3.47. The van der Waals surface area contributed by atoms with E-state index in [9.17, 15) is 9.59 Å². The second-order valence-electron chi connectivity index (χ2n) is 6.98. The standard InChI is InChI=1S/C20H22N2O2S/c23-18(22-11-1-2-12-22)14-15-5-7-16(8-6-15)21-19(24)20(9-10-20)17-4-3-13-25-17/h3-8,13H,1-2,9-12,14H2,(H,21,24). The second-order valence-corrected chi connectivity index (χ2v) is 7.92. The molecule has 5 heteroatoms. The van der Waals surface area contributed by atoms with Crippen molar-refractivity contribution in [3.05, 3.63) is 52.2 Å². The molecular formula is C20H22N2O2S. The first kappa shape index (κ1) is 16.3. The van der Waals surface area contributed by atoms with Crippen molar-refractivity contribution in [1.82, 2.24) is 4.90 Å². The normalized spacial score (nSPS) is 18.2. The fourth-order valence-corrected chi connectivity index (χ4v) is 4.45. The molecule has 1 saturated heterocycles. The summed E-state index contributed by atoms with van der Waals surface area (Å²) in [5.74, 6) is 0.278. The minimum atomic E-state index is -0.321. The average molecular weight is 354 g/mol. The van der Waals surface area contributed by atoms with Crippen LogP contribution in [0.25, 0.3) is 0 Å². The van der Waals surface area contributed by atoms with Crippen LogP contribution in [-0.4, -0.2) is 29.8 Å². The Morgan fingerprint density at radius 1 is 1.08 bits per heavy atom. The summed E-state index contributed by atoms with van der Waals surface area (Å²) < 4.78 is 0. The van der Waals surface area contributed by atoms with E-state index in [2.05, 4.69) is 5.32 Å². The second kappa shape index (κ2) is 6.64. The number of benzene rings is 1. The van der Waals surface area contributed by atoms with Crippen molar-refractivity contribution in [2.45, 2.75) is 37.5 Å². The summed E-state index contributed by atoms with van der Waals surface area (Å²) in [7, 11) is 0. The molecule has 4 rings (SSSR count). The lowest BCUT2D eigenvalue weighted by molar-refractivity contribution is -0.129. The number of rotatable bonds is 5. The molecule has 2 amide bonds. The summed E-state index contributed by atoms with van der Waals surface area (Å²) in [5, 5.41) is 5.06. The molecule has 2 fully saturated rings. The molecule has 1 saturated carbocycles. The SMILES string of the molecule is O=C(Cc1ccc(NC(=O)C2(c3cccs3)CC2)cc1)N1CCCC1. The Balaban J connectivity index is 1.37. The highest BCUT2D eigenvalue weighted by Gasteiger charge is 2.52. The number of likely N-dealkylation sites (tertiary alicyclic amines) is 1. The van der Waals surface area contributed by atoms with Crippen LogP contribution >= 0.6 is 11.3 Å². The van der Waals surface area contributed by atoms with Crippen molar-refractivity contribution in [1.29, 1.82) is 0 Å². The van der Waals surface area contributed by atoms with Gasteiger partial charge in [0.15, 0.2) is 0 Å². The van der Waals surface area contributed by atoms with E-state index < -0.39 is 0 Å². The molecule has 1 aliphatic carbocycles. The number of carbonyl (C=O) groups is 2. The van der Waals surface area contributed by atoms with Gasteiger partial charge in [0.05, 0.1) is 11.8 Å². The van der Waals surface area contributed by atoms with E-state index in [1.165, 1.54) is 0 Å². The third-order valence-electron chi connectivity index (χ3n) is 5.20. The van der Waals surface area contributed by atoms with Gasteiger partial charge in [-0.05, 0) is 54.8 Å². The Morgan fingerprint density at radius 2 is 1.80 bits per heavy atom. The Hall–Kier alpha value is -2.14. The highest BCUT2D eigenvalue weighted by atomic mass is 32.1. The van der Waals surface area contributed by atoms with E-state index in [1.54, 1.807) is 11.3 Å². The Labute approximate surface area is 151 Å². The lowest BCUT2D eigenvalue weighted by atomic mass is 10.0. The molecule has 1 aliphatic heterocycles. The van der Waals surface area contributed by atoms with Gasteiger partial charge in [-0.25, -0.2) is 0 Å². The van der Waals surface area contributed by atoms with Crippen LogP contribution in [0.15, 0.2) is 41.8 Å². The summed E-state index contributed by atoms with van der Waals surface area (Å²) in [5.41, 5.74) is 1.47. The van der Waals surface area contributed by atoms with Crippen LogP contribution in [0.2, 0.25) is 0 Å². The van der Waals surface area contributed by atoms with E-state index >= 15 is 0 Å². The van der Waals surface area contributed by atoms with E-state index in [-0.39, 0.29) is 17.2 Å². The van der Waals surface area contributed by atoms with Gasteiger partial charge in [0.1, 0.15) is 0 Å². The molecule has 1 aromatic heterocycles. The topological polar surface area (TPSA) is 49.4 Å². The molecule has 2 aromatic rings. The molecule has 4 nitrogen and oxygen atoms in total. The van der Waals surface area contributed by atoms with Gasteiger partial charge >= 0.3 is 0 Å².